The van der Waals surface area contributed by atoms with Gasteiger partial charge in [0.1, 0.15) is 11.4 Å². The fourth-order valence-electron chi connectivity index (χ4n) is 3.81. The van der Waals surface area contributed by atoms with Gasteiger partial charge in [-0.2, -0.15) is 0 Å². The van der Waals surface area contributed by atoms with Gasteiger partial charge < -0.3 is 16.0 Å². The Hall–Kier alpha value is -2.39. The number of hydrogen-bond acceptors (Lipinski definition) is 4. The second-order valence-electron chi connectivity index (χ2n) is 7.06. The number of benzene rings is 2. The maximum absolute atomic E-state index is 14.9. The Morgan fingerprint density at radius 3 is 2.83 bits per heavy atom. The number of carbonyl (C=O) groups is 1. The molecule has 1 amide bonds. The van der Waals surface area contributed by atoms with Crippen LogP contribution in [-0.2, 0) is 5.54 Å². The number of likely N-dealkylation sites (tertiary alicyclic amines) is 1. The molecule has 2 atom stereocenters. The van der Waals surface area contributed by atoms with Crippen LogP contribution < -0.4 is 11.1 Å². The summed E-state index contributed by atoms with van der Waals surface area (Å²) in [4.78, 5) is 19.1. The molecular formula is C20H19BrFN5OS. The number of amidine groups is 1. The molecule has 0 unspecified atom stereocenters. The summed E-state index contributed by atoms with van der Waals surface area (Å²) in [7, 11) is 0. The van der Waals surface area contributed by atoms with Crippen molar-refractivity contribution in [3.8, 4) is 0 Å². The van der Waals surface area contributed by atoms with E-state index in [4.69, 9.17) is 16.1 Å². The number of fused-ring (bicyclic) bond motifs is 1. The molecule has 150 valence electrons. The molecule has 9 heteroatoms. The Kier molecular flexibility index (Phi) is 5.35. The van der Waals surface area contributed by atoms with Gasteiger partial charge in [-0.3, -0.25) is 10.2 Å². The summed E-state index contributed by atoms with van der Waals surface area (Å²) < 4.78 is 15.6. The number of nitrogens with zero attached hydrogens (tertiary/aromatic N) is 2. The lowest BCUT2D eigenvalue weighted by Crippen LogP contribution is -2.43. The van der Waals surface area contributed by atoms with Crippen LogP contribution >= 0.6 is 27.7 Å². The molecule has 0 aliphatic carbocycles. The lowest BCUT2D eigenvalue weighted by molar-refractivity contribution is 0.0977. The van der Waals surface area contributed by atoms with Crippen LogP contribution in [0.15, 0.2) is 58.0 Å². The third-order valence-electron chi connectivity index (χ3n) is 5.26. The molecule has 4 rings (SSSR count). The van der Waals surface area contributed by atoms with E-state index >= 15 is 0 Å². The number of carbonyl (C=O) groups excluding carboxylic acids is 1. The molecule has 2 aromatic rings. The van der Waals surface area contributed by atoms with Crippen LogP contribution in [0, 0.1) is 17.1 Å². The second-order valence-corrected chi connectivity index (χ2v) is 8.98. The van der Waals surface area contributed by atoms with E-state index in [1.165, 1.54) is 17.8 Å². The van der Waals surface area contributed by atoms with Crippen LogP contribution in [0.5, 0.6) is 0 Å². The molecule has 0 saturated carbocycles. The third-order valence-corrected chi connectivity index (χ3v) is 6.79. The largest absolute Gasteiger partial charge is 0.370 e. The minimum Gasteiger partial charge on any atom is -0.370 e. The SMILES string of the molecule is N=C(N)N1C[C@H]2CSC(NC(=O)c3ccccc3)=N[C@@]2(c2cc(Br)ccc2F)C1. The normalized spacial score (nSPS) is 23.3. The highest BCUT2D eigenvalue weighted by atomic mass is 79.9. The summed E-state index contributed by atoms with van der Waals surface area (Å²) in [6.45, 7) is 0.795. The number of aliphatic imine (C=N–C) groups is 1. The molecule has 2 heterocycles. The summed E-state index contributed by atoms with van der Waals surface area (Å²) in [5, 5.41) is 11.1. The molecule has 0 bridgehead atoms. The first-order chi connectivity index (χ1) is 13.9. The minimum absolute atomic E-state index is 0.0439. The topological polar surface area (TPSA) is 94.6 Å². The second kappa shape index (κ2) is 7.79. The zero-order chi connectivity index (χ0) is 20.6. The lowest BCUT2D eigenvalue weighted by Gasteiger charge is -2.35. The predicted octanol–water partition coefficient (Wildman–Crippen LogP) is 3.14. The van der Waals surface area contributed by atoms with Crippen LogP contribution in [0.3, 0.4) is 0 Å². The van der Waals surface area contributed by atoms with Crippen LogP contribution in [0.4, 0.5) is 4.39 Å². The first-order valence-corrected chi connectivity index (χ1v) is 10.8. The number of nitrogens with two attached hydrogens (primary N) is 1. The van der Waals surface area contributed by atoms with Gasteiger partial charge in [-0.15, -0.1) is 0 Å². The molecule has 6 nitrogen and oxygen atoms in total. The van der Waals surface area contributed by atoms with Gasteiger partial charge in [-0.25, -0.2) is 9.38 Å². The maximum atomic E-state index is 14.9. The van der Waals surface area contributed by atoms with Crippen molar-refractivity contribution in [3.05, 3.63) is 69.9 Å². The third kappa shape index (κ3) is 3.76. The fourth-order valence-corrected chi connectivity index (χ4v) is 5.31. The number of halogens is 2. The van der Waals surface area contributed by atoms with E-state index in [9.17, 15) is 9.18 Å². The fraction of sp³-hybridized carbons (Fsp3) is 0.250. The van der Waals surface area contributed by atoms with Gasteiger partial charge in [0.15, 0.2) is 11.1 Å². The standard InChI is InChI=1S/C20H19BrFN5OS/c21-14-6-7-16(22)15(8-14)20-11-27(18(23)24)9-13(20)10-29-19(26-20)25-17(28)12-4-2-1-3-5-12/h1-8,13H,9-11H2,(H3,23,24)(H,25,26,28)/t13-,20-/m0/s1. The minimum atomic E-state index is -0.927. The molecule has 1 saturated heterocycles. The summed E-state index contributed by atoms with van der Waals surface area (Å²) in [5.41, 5.74) is 5.77. The smallest absolute Gasteiger partial charge is 0.257 e. The quantitative estimate of drug-likeness (QED) is 0.459. The van der Waals surface area contributed by atoms with Gasteiger partial charge in [-0.05, 0) is 30.3 Å². The molecule has 29 heavy (non-hydrogen) atoms. The summed E-state index contributed by atoms with van der Waals surface area (Å²) in [6, 6.07) is 13.6. The van der Waals surface area contributed by atoms with E-state index < -0.39 is 5.54 Å². The molecule has 0 aromatic heterocycles. The van der Waals surface area contributed by atoms with E-state index in [-0.39, 0.29) is 30.1 Å². The molecule has 2 aromatic carbocycles. The highest BCUT2D eigenvalue weighted by Crippen LogP contribution is 2.46. The van der Waals surface area contributed by atoms with E-state index in [2.05, 4.69) is 21.2 Å². The Morgan fingerprint density at radius 1 is 1.34 bits per heavy atom. The number of hydrogen-bond donors (Lipinski definition) is 3. The Morgan fingerprint density at radius 2 is 2.10 bits per heavy atom. The van der Waals surface area contributed by atoms with Gasteiger partial charge in [0, 0.05) is 33.8 Å². The Bertz CT molecular complexity index is 1000. The van der Waals surface area contributed by atoms with Crippen molar-refractivity contribution in [2.75, 3.05) is 18.8 Å². The number of guanidine groups is 1. The highest BCUT2D eigenvalue weighted by molar-refractivity contribution is 9.10. The average molecular weight is 476 g/mol. The number of nitrogens with one attached hydrogen (secondary N) is 2. The van der Waals surface area contributed by atoms with Crippen molar-refractivity contribution in [1.29, 1.82) is 5.41 Å². The van der Waals surface area contributed by atoms with Gasteiger partial charge in [0.25, 0.3) is 5.91 Å². The monoisotopic (exact) mass is 475 g/mol. The zero-order valence-corrected chi connectivity index (χ0v) is 17.8. The van der Waals surface area contributed by atoms with Crippen molar-refractivity contribution in [1.82, 2.24) is 10.2 Å². The maximum Gasteiger partial charge on any atom is 0.257 e. The van der Waals surface area contributed by atoms with E-state index in [0.717, 1.165) is 4.47 Å². The average Bonchev–Trinajstić information content (AvgIpc) is 3.11. The molecule has 2 aliphatic rings. The van der Waals surface area contributed by atoms with Crippen molar-refractivity contribution < 1.29 is 9.18 Å². The molecule has 0 radical (unpaired) electrons. The summed E-state index contributed by atoms with van der Waals surface area (Å²) in [6.07, 6.45) is 0. The van der Waals surface area contributed by atoms with Gasteiger partial charge in [0.2, 0.25) is 0 Å². The number of thioether (sulfide) groups is 1. The van der Waals surface area contributed by atoms with Crippen LogP contribution in [-0.4, -0.2) is 40.8 Å². The van der Waals surface area contributed by atoms with Crippen LogP contribution in [0.1, 0.15) is 15.9 Å². The summed E-state index contributed by atoms with van der Waals surface area (Å²) in [5.74, 6) is -0.111. The van der Waals surface area contributed by atoms with Crippen molar-refractivity contribution in [2.24, 2.45) is 16.6 Å². The first kappa shape index (κ1) is 19.9. The van der Waals surface area contributed by atoms with Crippen molar-refractivity contribution in [3.63, 3.8) is 0 Å². The zero-order valence-electron chi connectivity index (χ0n) is 15.4. The number of amides is 1. The Balaban J connectivity index is 1.74. The highest BCUT2D eigenvalue weighted by Gasteiger charge is 2.52. The van der Waals surface area contributed by atoms with Gasteiger partial charge >= 0.3 is 0 Å². The van der Waals surface area contributed by atoms with Gasteiger partial charge in [0.05, 0.1) is 6.54 Å². The molecular weight excluding hydrogens is 457 g/mol. The lowest BCUT2D eigenvalue weighted by atomic mass is 9.81. The van der Waals surface area contributed by atoms with E-state index in [0.29, 0.717) is 28.6 Å². The molecule has 4 N–H and O–H groups in total. The molecule has 1 fully saturated rings. The van der Waals surface area contributed by atoms with Crippen molar-refractivity contribution in [2.45, 2.75) is 5.54 Å². The van der Waals surface area contributed by atoms with E-state index in [1.54, 1.807) is 41.3 Å². The van der Waals surface area contributed by atoms with Gasteiger partial charge in [-0.1, -0.05) is 45.9 Å². The molecule has 0 spiro atoms. The Labute approximate surface area is 180 Å². The van der Waals surface area contributed by atoms with Crippen LogP contribution in [0.25, 0.3) is 0 Å². The van der Waals surface area contributed by atoms with Crippen LogP contribution in [0.2, 0.25) is 0 Å². The predicted molar refractivity (Wildman–Crippen MR) is 117 cm³/mol. The van der Waals surface area contributed by atoms with Crippen molar-refractivity contribution >= 4 is 44.7 Å². The van der Waals surface area contributed by atoms with E-state index in [1.807, 2.05) is 6.07 Å². The molecule has 2 aliphatic heterocycles. The summed E-state index contributed by atoms with van der Waals surface area (Å²) >= 11 is 4.84. The number of rotatable bonds is 2. The first-order valence-electron chi connectivity index (χ1n) is 9.02.